The molecule has 0 unspecified atom stereocenters. The summed E-state index contributed by atoms with van der Waals surface area (Å²) in [5, 5.41) is 0. The van der Waals surface area contributed by atoms with Crippen molar-refractivity contribution in [3.63, 3.8) is 0 Å². The number of carbonyl (C=O) groups excluding carboxylic acids is 1. The van der Waals surface area contributed by atoms with Crippen LogP contribution in [0, 0.1) is 69.5 Å². The maximum atomic E-state index is 14.6. The maximum Gasteiger partial charge on any atom is 0.310 e. The highest BCUT2D eigenvalue weighted by molar-refractivity contribution is 7.89. The summed E-state index contributed by atoms with van der Waals surface area (Å²) in [6, 6.07) is 7.09. The molecule has 0 aromatic heterocycles. The minimum absolute atomic E-state index is 0.0111. The number of rotatable bonds is 14. The molecule has 4 fully saturated rings. The van der Waals surface area contributed by atoms with Gasteiger partial charge < -0.3 is 18.9 Å². The lowest BCUT2D eigenvalue weighted by Crippen LogP contribution is -2.70. The van der Waals surface area contributed by atoms with Crippen LogP contribution in [0.25, 0.3) is 0 Å². The number of benzene rings is 1. The fraction of sp³-hybridized carbons (Fsp3) is 0.816. The molecular formula is C49H79NO7S. The van der Waals surface area contributed by atoms with Crippen LogP contribution in [0.3, 0.4) is 0 Å². The molecule has 58 heavy (non-hydrogen) atoms. The number of allylic oxidation sites excluding steroid dienone is 1. The molecule has 0 radical (unpaired) electrons. The summed E-state index contributed by atoms with van der Waals surface area (Å²) in [7, 11) is -0.278. The van der Waals surface area contributed by atoms with Gasteiger partial charge in [0.1, 0.15) is 0 Å². The number of nitrogens with zero attached hydrogens (tertiary/aromatic N) is 1. The van der Waals surface area contributed by atoms with Gasteiger partial charge in [0.05, 0.1) is 55.0 Å². The number of methoxy groups -OCH3 is 1. The quantitative estimate of drug-likeness (QED) is 0.105. The summed E-state index contributed by atoms with van der Waals surface area (Å²) in [6.07, 6.45) is 9.86. The van der Waals surface area contributed by atoms with Gasteiger partial charge in [-0.15, -0.1) is 0 Å². The molecule has 6 rings (SSSR count). The number of fused-ring (bicyclic) bond motifs is 3. The molecule has 1 heterocycles. The van der Waals surface area contributed by atoms with Gasteiger partial charge in [0, 0.05) is 25.0 Å². The molecular weight excluding hydrogens is 747 g/mol. The van der Waals surface area contributed by atoms with Crippen LogP contribution in [0.15, 0.2) is 40.8 Å². The first-order valence-electron chi connectivity index (χ1n) is 22.7. The van der Waals surface area contributed by atoms with E-state index < -0.39 is 15.6 Å². The Morgan fingerprint density at radius 2 is 1.67 bits per heavy atom. The topological polar surface area (TPSA) is 91.4 Å². The zero-order chi connectivity index (χ0) is 42.9. The van der Waals surface area contributed by atoms with Crippen molar-refractivity contribution >= 4 is 16.0 Å². The molecule has 8 nitrogen and oxygen atoms in total. The first-order valence-corrected chi connectivity index (χ1v) is 24.1. The molecule has 9 heteroatoms. The molecule has 0 spiro atoms. The highest BCUT2D eigenvalue weighted by Gasteiger charge is 2.72. The average Bonchev–Trinajstić information content (AvgIpc) is 3.17. The number of likely N-dealkylation sites (N-methyl/N-ethyl adjacent to an activating group) is 1. The fourth-order valence-corrected chi connectivity index (χ4v) is 15.1. The Bertz CT molecular complexity index is 1790. The van der Waals surface area contributed by atoms with Crippen LogP contribution in [0.4, 0.5) is 0 Å². The van der Waals surface area contributed by atoms with Gasteiger partial charge in [-0.25, -0.2) is 8.42 Å². The monoisotopic (exact) mass is 826 g/mol. The van der Waals surface area contributed by atoms with Crippen molar-refractivity contribution in [3.05, 3.63) is 41.5 Å². The number of unbranched alkanes of at least 4 members (excludes halogenated alkanes) is 1. The Balaban J connectivity index is 1.34. The number of carbonyl (C=O) groups is 1. The molecule has 3 saturated carbocycles. The first-order chi connectivity index (χ1) is 27.0. The molecule has 0 amide bonds. The normalized spacial score (nSPS) is 39.0. The van der Waals surface area contributed by atoms with Crippen LogP contribution < -0.4 is 0 Å². The van der Waals surface area contributed by atoms with Crippen LogP contribution in [-0.4, -0.2) is 77.0 Å². The van der Waals surface area contributed by atoms with Gasteiger partial charge in [0.15, 0.2) is 0 Å². The van der Waals surface area contributed by atoms with E-state index in [1.807, 2.05) is 33.1 Å². The summed E-state index contributed by atoms with van der Waals surface area (Å²) in [6.45, 7) is 28.9. The van der Waals surface area contributed by atoms with E-state index in [-0.39, 0.29) is 68.6 Å². The second kappa shape index (κ2) is 16.2. The standard InChI is InChI=1S/C49H79NO7S/c1-15-16-27-56-43(51)41-44(8,35(7)32(2)3)25-26-46(10)37-21-22-40-45(9)29-55-31-49(40,38(37)23-24-47(41,46)11)28-39(54-14)42(45)57-30-48(12,33(4)5)50(13)58(52,53)36-19-17-34(6)18-20-36/h17-20,23,32-33,35,37,39-42H,15-16,21-22,24-31H2,1-14H3/t35-,37+,39-,40+,41-,42+,44-,45+,46-,47+,48-,49+/m1/s1. The highest BCUT2D eigenvalue weighted by atomic mass is 32.2. The Labute approximate surface area is 353 Å². The van der Waals surface area contributed by atoms with Gasteiger partial charge in [0.2, 0.25) is 10.0 Å². The van der Waals surface area contributed by atoms with Crippen molar-refractivity contribution in [3.8, 4) is 0 Å². The number of sulfonamides is 1. The Kier molecular flexibility index (Phi) is 12.7. The minimum atomic E-state index is -3.79. The third kappa shape index (κ3) is 6.90. The van der Waals surface area contributed by atoms with Gasteiger partial charge in [-0.05, 0) is 117 Å². The average molecular weight is 826 g/mol. The van der Waals surface area contributed by atoms with Crippen LogP contribution >= 0.6 is 0 Å². The number of esters is 1. The third-order valence-electron chi connectivity index (χ3n) is 18.3. The predicted octanol–water partition coefficient (Wildman–Crippen LogP) is 10.3. The molecule has 5 aliphatic rings. The number of aryl methyl sites for hydroxylation is 1. The molecule has 4 aliphatic carbocycles. The van der Waals surface area contributed by atoms with Gasteiger partial charge in [-0.2, -0.15) is 4.31 Å². The van der Waals surface area contributed by atoms with E-state index in [1.54, 1.807) is 19.2 Å². The maximum absolute atomic E-state index is 14.6. The lowest BCUT2D eigenvalue weighted by molar-refractivity contribution is -0.271. The van der Waals surface area contributed by atoms with Gasteiger partial charge in [-0.1, -0.05) is 105 Å². The highest BCUT2D eigenvalue weighted by Crippen LogP contribution is 2.75. The minimum Gasteiger partial charge on any atom is -0.465 e. The first kappa shape index (κ1) is 45.7. The van der Waals surface area contributed by atoms with Crippen molar-refractivity contribution in [2.45, 2.75) is 157 Å². The van der Waals surface area contributed by atoms with Gasteiger partial charge in [0.25, 0.3) is 0 Å². The van der Waals surface area contributed by atoms with E-state index in [2.05, 4.69) is 75.3 Å². The van der Waals surface area contributed by atoms with Crippen LogP contribution in [0.1, 0.15) is 133 Å². The molecule has 2 bridgehead atoms. The number of hydrogen-bond donors (Lipinski definition) is 0. The zero-order valence-corrected chi connectivity index (χ0v) is 39.5. The van der Waals surface area contributed by atoms with E-state index in [9.17, 15) is 13.2 Å². The Morgan fingerprint density at radius 1 is 1.00 bits per heavy atom. The molecule has 1 aromatic carbocycles. The van der Waals surface area contributed by atoms with Crippen molar-refractivity contribution in [2.75, 3.05) is 40.6 Å². The van der Waals surface area contributed by atoms with E-state index in [1.165, 1.54) is 9.88 Å². The Hall–Kier alpha value is -1.78. The van der Waals surface area contributed by atoms with Crippen molar-refractivity contribution in [1.29, 1.82) is 0 Å². The molecule has 1 aromatic rings. The summed E-state index contributed by atoms with van der Waals surface area (Å²) in [5.41, 5.74) is 0.690. The molecule has 328 valence electrons. The lowest BCUT2D eigenvalue weighted by atomic mass is 9.34. The fourth-order valence-electron chi connectivity index (χ4n) is 13.5. The molecule has 0 N–H and O–H groups in total. The lowest BCUT2D eigenvalue weighted by Gasteiger charge is -2.71. The van der Waals surface area contributed by atoms with E-state index >= 15 is 0 Å². The second-order valence-electron chi connectivity index (χ2n) is 21.5. The van der Waals surface area contributed by atoms with Crippen molar-refractivity contribution in [1.82, 2.24) is 4.31 Å². The third-order valence-corrected chi connectivity index (χ3v) is 20.3. The summed E-state index contributed by atoms with van der Waals surface area (Å²) < 4.78 is 56.3. The zero-order valence-electron chi connectivity index (χ0n) is 38.7. The van der Waals surface area contributed by atoms with Crippen LogP contribution in [-0.2, 0) is 33.8 Å². The number of ether oxygens (including phenoxy) is 4. The van der Waals surface area contributed by atoms with Gasteiger partial charge in [-0.3, -0.25) is 4.79 Å². The summed E-state index contributed by atoms with van der Waals surface area (Å²) in [4.78, 5) is 14.9. The largest absolute Gasteiger partial charge is 0.465 e. The SMILES string of the molecule is CCCCOC(=O)[C@@H]1[C@@](C)([C@H](C)C(C)C)CC[C@]2(C)[C@H]3CC[C@@H]4[C@@]5(COC[C@]4(C)[C@@H](OC[C@](C)(C(C)C)N(C)S(=O)(=O)c4ccc(C)cc4)[C@H](OC)C5)C3=CC[C@@]12C. The van der Waals surface area contributed by atoms with Gasteiger partial charge >= 0.3 is 5.97 Å². The summed E-state index contributed by atoms with van der Waals surface area (Å²) >= 11 is 0. The van der Waals surface area contributed by atoms with Crippen LogP contribution in [0.2, 0.25) is 0 Å². The smallest absolute Gasteiger partial charge is 0.310 e. The van der Waals surface area contributed by atoms with Crippen molar-refractivity contribution in [2.24, 2.45) is 62.6 Å². The van der Waals surface area contributed by atoms with Crippen molar-refractivity contribution < 1.29 is 32.2 Å². The molecule has 1 aliphatic heterocycles. The number of hydrogen-bond acceptors (Lipinski definition) is 7. The van der Waals surface area contributed by atoms with E-state index in [0.29, 0.717) is 43.5 Å². The van der Waals surface area contributed by atoms with E-state index in [0.717, 1.165) is 56.9 Å². The molecule has 1 saturated heterocycles. The van der Waals surface area contributed by atoms with E-state index in [4.69, 9.17) is 18.9 Å². The van der Waals surface area contributed by atoms with Crippen LogP contribution in [0.5, 0.6) is 0 Å². The summed E-state index contributed by atoms with van der Waals surface area (Å²) in [5.74, 6) is 1.29. The predicted molar refractivity (Wildman–Crippen MR) is 232 cm³/mol. The second-order valence-corrected chi connectivity index (χ2v) is 23.5. The molecule has 12 atom stereocenters. The Morgan fingerprint density at radius 3 is 2.28 bits per heavy atom.